The summed E-state index contributed by atoms with van der Waals surface area (Å²) in [5.41, 5.74) is 0.606. The smallest absolute Gasteiger partial charge is 0.255 e. The monoisotopic (exact) mass is 473 g/mol. The number of piperidine rings is 1. The first-order valence-electron chi connectivity index (χ1n) is 14.4. The van der Waals surface area contributed by atoms with Crippen LogP contribution >= 0.6 is 0 Å². The third kappa shape index (κ3) is 4.53. The first kappa shape index (κ1) is 15.6. The molecule has 0 saturated carbocycles. The number of anilines is 1. The van der Waals surface area contributed by atoms with E-state index in [-0.39, 0.29) is 28.9 Å². The molecule has 34 heavy (non-hydrogen) atoms. The van der Waals surface area contributed by atoms with Gasteiger partial charge in [-0.1, -0.05) is 18.2 Å². The normalized spacial score (nSPS) is 26.9. The number of ether oxygens (including phenoxy) is 1. The van der Waals surface area contributed by atoms with Gasteiger partial charge in [-0.25, -0.2) is 4.39 Å². The van der Waals surface area contributed by atoms with Gasteiger partial charge in [-0.15, -0.1) is 0 Å². The van der Waals surface area contributed by atoms with Crippen LogP contribution in [0.25, 0.3) is 0 Å². The Morgan fingerprint density at radius 1 is 1.24 bits per heavy atom. The maximum absolute atomic E-state index is 15.0. The van der Waals surface area contributed by atoms with Gasteiger partial charge in [-0.3, -0.25) is 24.6 Å². The Hall–Kier alpha value is -3.30. The zero-order valence-electron chi connectivity index (χ0n) is 25.2. The number of benzene rings is 2. The lowest BCUT2D eigenvalue weighted by Gasteiger charge is -2.29. The molecule has 2 saturated heterocycles. The van der Waals surface area contributed by atoms with Crippen molar-refractivity contribution in [3.8, 4) is 0 Å². The van der Waals surface area contributed by atoms with E-state index in [1.54, 1.807) is 17.4 Å². The van der Waals surface area contributed by atoms with Crippen molar-refractivity contribution >= 4 is 23.4 Å². The van der Waals surface area contributed by atoms with Gasteiger partial charge in [0.15, 0.2) is 0 Å². The van der Waals surface area contributed by atoms with E-state index in [1.807, 2.05) is 0 Å². The zero-order chi connectivity index (χ0) is 29.9. The van der Waals surface area contributed by atoms with Gasteiger partial charge < -0.3 is 15.0 Å². The van der Waals surface area contributed by atoms with Gasteiger partial charge in [-0.2, -0.15) is 0 Å². The summed E-state index contributed by atoms with van der Waals surface area (Å²) in [5.74, 6) is -4.23. The molecule has 3 heterocycles. The van der Waals surface area contributed by atoms with E-state index >= 15 is 4.39 Å². The van der Waals surface area contributed by atoms with E-state index in [9.17, 15) is 14.4 Å². The summed E-state index contributed by atoms with van der Waals surface area (Å²) in [5, 5.41) is 4.64. The summed E-state index contributed by atoms with van der Waals surface area (Å²) in [6, 6.07) is 1.03. The van der Waals surface area contributed by atoms with Crippen molar-refractivity contribution in [1.29, 1.82) is 0 Å². The third-order valence-corrected chi connectivity index (χ3v) is 5.98. The maximum Gasteiger partial charge on any atom is 0.255 e. The van der Waals surface area contributed by atoms with Crippen LogP contribution in [0.3, 0.4) is 0 Å². The number of nitrogens with zero attached hydrogens (tertiary/aromatic N) is 2. The van der Waals surface area contributed by atoms with Crippen molar-refractivity contribution in [3.05, 3.63) is 64.4 Å². The van der Waals surface area contributed by atoms with Gasteiger partial charge in [0, 0.05) is 67.0 Å². The molecular formula is C25H27FN4O4. The number of morpholine rings is 1. The molecule has 0 aromatic heterocycles. The summed E-state index contributed by atoms with van der Waals surface area (Å²) in [7, 11) is 0. The van der Waals surface area contributed by atoms with Crippen molar-refractivity contribution in [3.63, 3.8) is 0 Å². The van der Waals surface area contributed by atoms with Gasteiger partial charge in [0.25, 0.3) is 5.91 Å². The summed E-state index contributed by atoms with van der Waals surface area (Å²) in [6.07, 6.45) is -6.28. The molecule has 0 spiro atoms. The van der Waals surface area contributed by atoms with E-state index in [1.165, 1.54) is 6.07 Å². The highest BCUT2D eigenvalue weighted by Crippen LogP contribution is 2.32. The highest BCUT2D eigenvalue weighted by molar-refractivity contribution is 6.06. The molecule has 8 nitrogen and oxygen atoms in total. The maximum atomic E-state index is 15.0. The molecule has 0 radical (unpaired) electrons. The SMILES string of the molecule is [2H]c1c([2H])c(NCc2ccc(CN3CCOCC3)cc2F)c2c(c1[2H])C(=O)N([C@H]1C(=O)NC(=O)C([2H])([2H])C1([2H])[2H])C2. The Labute approximate surface area is 206 Å². The number of nitrogens with one attached hydrogen (secondary N) is 2. The van der Waals surface area contributed by atoms with E-state index < -0.39 is 67.0 Å². The van der Waals surface area contributed by atoms with Gasteiger partial charge in [0.05, 0.1) is 17.3 Å². The molecule has 178 valence electrons. The minimum absolute atomic E-state index is 0.0198. The quantitative estimate of drug-likeness (QED) is 0.624. The van der Waals surface area contributed by atoms with E-state index in [4.69, 9.17) is 14.3 Å². The highest BCUT2D eigenvalue weighted by atomic mass is 19.1. The van der Waals surface area contributed by atoms with E-state index in [2.05, 4.69) is 10.2 Å². The summed E-state index contributed by atoms with van der Waals surface area (Å²) in [6.45, 7) is 2.61. The number of fused-ring (bicyclic) bond motifs is 1. The lowest BCUT2D eigenvalue weighted by molar-refractivity contribution is -0.136. The standard InChI is InChI=1S/C25H27FN4O4/c26-20-12-16(14-29-8-10-34-11-9-29)4-5-17(20)13-27-21-3-1-2-18-19(21)15-30(25(18)33)22-6-7-23(31)28-24(22)32/h1-5,12,22,27H,6-11,13-15H2,(H,28,31,32)/t22-/m1/s1/i1D,2D,3D,6D2,7D2. The third-order valence-electron chi connectivity index (χ3n) is 5.98. The van der Waals surface area contributed by atoms with Crippen LogP contribution in [0.5, 0.6) is 0 Å². The van der Waals surface area contributed by atoms with E-state index in [0.29, 0.717) is 24.7 Å². The largest absolute Gasteiger partial charge is 0.381 e. The Kier molecular flexibility index (Phi) is 4.36. The van der Waals surface area contributed by atoms with E-state index in [0.717, 1.165) is 18.7 Å². The van der Waals surface area contributed by atoms with Crippen molar-refractivity contribution in [2.75, 3.05) is 31.6 Å². The van der Waals surface area contributed by atoms with Crippen LogP contribution in [0.1, 0.15) is 49.4 Å². The minimum atomic E-state index is -3.15. The molecular weight excluding hydrogens is 439 g/mol. The highest BCUT2D eigenvalue weighted by Gasteiger charge is 2.39. The van der Waals surface area contributed by atoms with Gasteiger partial charge in [0.2, 0.25) is 11.8 Å². The first-order chi connectivity index (χ1) is 19.3. The Balaban J connectivity index is 1.42. The number of carbonyl (C=O) groups excluding carboxylic acids is 3. The lowest BCUT2D eigenvalue weighted by atomic mass is 10.0. The predicted octanol–water partition coefficient (Wildman–Crippen LogP) is 2.03. The molecule has 5 rings (SSSR count). The van der Waals surface area contributed by atoms with Crippen LogP contribution < -0.4 is 10.6 Å². The number of hydrogen-bond acceptors (Lipinski definition) is 6. The number of hydrogen-bond donors (Lipinski definition) is 2. The molecule has 2 fully saturated rings. The van der Waals surface area contributed by atoms with Crippen LogP contribution in [0.15, 0.2) is 36.3 Å². The first-order valence-corrected chi connectivity index (χ1v) is 10.9. The molecule has 9 heteroatoms. The lowest BCUT2D eigenvalue weighted by Crippen LogP contribution is -2.52. The second kappa shape index (κ2) is 9.52. The second-order valence-electron chi connectivity index (χ2n) is 8.19. The summed E-state index contributed by atoms with van der Waals surface area (Å²) < 4.78 is 77.6. The molecule has 3 aliphatic rings. The van der Waals surface area contributed by atoms with Crippen LogP contribution in [0.4, 0.5) is 10.1 Å². The Morgan fingerprint density at radius 2 is 2.06 bits per heavy atom. The van der Waals surface area contributed by atoms with Crippen LogP contribution in [-0.2, 0) is 34.0 Å². The molecule has 2 aromatic rings. The molecule has 3 amide bonds. The molecule has 2 aromatic carbocycles. The zero-order valence-corrected chi connectivity index (χ0v) is 18.2. The van der Waals surface area contributed by atoms with Crippen LogP contribution in [-0.4, -0.2) is 59.9 Å². The van der Waals surface area contributed by atoms with Gasteiger partial charge in [-0.05, 0) is 30.1 Å². The second-order valence-corrected chi connectivity index (χ2v) is 8.19. The number of halogens is 1. The average molecular weight is 474 g/mol. The average Bonchev–Trinajstić information content (AvgIpc) is 3.24. The number of amides is 3. The molecule has 0 unspecified atom stereocenters. The van der Waals surface area contributed by atoms with Gasteiger partial charge >= 0.3 is 0 Å². The van der Waals surface area contributed by atoms with Gasteiger partial charge in [0.1, 0.15) is 11.9 Å². The molecule has 3 aliphatic heterocycles. The summed E-state index contributed by atoms with van der Waals surface area (Å²) >= 11 is 0. The fourth-order valence-corrected chi connectivity index (χ4v) is 4.18. The van der Waals surface area contributed by atoms with Crippen molar-refractivity contribution in [1.82, 2.24) is 15.1 Å². The van der Waals surface area contributed by atoms with Crippen molar-refractivity contribution < 1.29 is 33.1 Å². The van der Waals surface area contributed by atoms with Crippen LogP contribution in [0.2, 0.25) is 0 Å². The topological polar surface area (TPSA) is 91.0 Å². The fourth-order valence-electron chi connectivity index (χ4n) is 4.18. The Bertz CT molecular complexity index is 1450. The molecule has 1 atom stereocenters. The molecule has 2 N–H and O–H groups in total. The minimum Gasteiger partial charge on any atom is -0.381 e. The predicted molar refractivity (Wildman–Crippen MR) is 122 cm³/mol. The number of carbonyl (C=O) groups is 3. The van der Waals surface area contributed by atoms with Crippen molar-refractivity contribution in [2.24, 2.45) is 0 Å². The number of imide groups is 1. The number of rotatable bonds is 6. The molecule has 0 aliphatic carbocycles. The molecule has 0 bridgehead atoms. The Morgan fingerprint density at radius 3 is 2.85 bits per heavy atom. The summed E-state index contributed by atoms with van der Waals surface area (Å²) in [4.78, 5) is 40.9. The van der Waals surface area contributed by atoms with Crippen LogP contribution in [0, 0.1) is 5.82 Å². The van der Waals surface area contributed by atoms with Crippen molar-refractivity contribution in [2.45, 2.75) is 38.4 Å². The fraction of sp³-hybridized carbons (Fsp3) is 0.400.